The Hall–Kier alpha value is -0.970. The highest BCUT2D eigenvalue weighted by molar-refractivity contribution is 9.10. The minimum atomic E-state index is 0.808. The first kappa shape index (κ1) is 14.9. The summed E-state index contributed by atoms with van der Waals surface area (Å²) in [5, 5.41) is 3.51. The Morgan fingerprint density at radius 2 is 2.05 bits per heavy atom. The Kier molecular flexibility index (Phi) is 5.22. The van der Waals surface area contributed by atoms with Gasteiger partial charge in [-0.3, -0.25) is 0 Å². The van der Waals surface area contributed by atoms with Crippen LogP contribution in [-0.4, -0.2) is 18.9 Å². The Balaban J connectivity index is 1.48. The van der Waals surface area contributed by atoms with E-state index in [2.05, 4.69) is 63.7 Å². The van der Waals surface area contributed by atoms with Gasteiger partial charge in [-0.1, -0.05) is 34.1 Å². The molecule has 4 heteroatoms. The Morgan fingerprint density at radius 1 is 1.19 bits per heavy atom. The first-order valence-electron chi connectivity index (χ1n) is 7.15. The van der Waals surface area contributed by atoms with E-state index in [0.717, 1.165) is 42.1 Å². The van der Waals surface area contributed by atoms with Crippen LogP contribution in [0.15, 0.2) is 51.8 Å². The summed E-state index contributed by atoms with van der Waals surface area (Å²) in [5.41, 5.74) is 2.57. The number of rotatable bonds is 6. The van der Waals surface area contributed by atoms with Crippen molar-refractivity contribution in [1.29, 1.82) is 0 Å². The van der Waals surface area contributed by atoms with E-state index in [4.69, 9.17) is 4.74 Å². The van der Waals surface area contributed by atoms with Crippen molar-refractivity contribution in [3.8, 4) is 5.75 Å². The number of fused-ring (bicyclic) bond motifs is 1. The van der Waals surface area contributed by atoms with Crippen LogP contribution in [0.5, 0.6) is 5.75 Å². The van der Waals surface area contributed by atoms with Crippen LogP contribution < -0.4 is 10.1 Å². The van der Waals surface area contributed by atoms with Gasteiger partial charge in [-0.2, -0.15) is 0 Å². The average Bonchev–Trinajstić information content (AvgIpc) is 2.96. The summed E-state index contributed by atoms with van der Waals surface area (Å²) in [5.74, 6) is 2.16. The predicted molar refractivity (Wildman–Crippen MR) is 92.2 cm³/mol. The lowest BCUT2D eigenvalue weighted by atomic mass is 10.1. The minimum Gasteiger partial charge on any atom is -0.493 e. The van der Waals surface area contributed by atoms with Crippen LogP contribution in [0.4, 0.5) is 0 Å². The second kappa shape index (κ2) is 7.34. The van der Waals surface area contributed by atoms with Crippen LogP contribution in [0.3, 0.4) is 0 Å². The molecule has 0 radical (unpaired) electrons. The molecule has 3 rings (SSSR count). The van der Waals surface area contributed by atoms with Crippen molar-refractivity contribution >= 4 is 27.7 Å². The van der Waals surface area contributed by atoms with E-state index in [1.807, 2.05) is 11.8 Å². The molecule has 1 aliphatic heterocycles. The smallest absolute Gasteiger partial charge is 0.127 e. The lowest BCUT2D eigenvalue weighted by Crippen LogP contribution is -2.17. The van der Waals surface area contributed by atoms with E-state index in [1.165, 1.54) is 16.0 Å². The zero-order valence-electron chi connectivity index (χ0n) is 11.8. The highest BCUT2D eigenvalue weighted by Gasteiger charge is 2.16. The second-order valence-electron chi connectivity index (χ2n) is 4.99. The molecule has 0 saturated carbocycles. The molecule has 0 saturated heterocycles. The summed E-state index contributed by atoms with van der Waals surface area (Å²) in [4.78, 5) is 1.32. The lowest BCUT2D eigenvalue weighted by molar-refractivity contribution is 0.352. The fourth-order valence-electron chi connectivity index (χ4n) is 2.46. The third-order valence-electron chi connectivity index (χ3n) is 3.43. The Morgan fingerprint density at radius 3 is 2.90 bits per heavy atom. The van der Waals surface area contributed by atoms with Gasteiger partial charge in [0.2, 0.25) is 0 Å². The minimum absolute atomic E-state index is 0.808. The molecule has 2 nitrogen and oxygen atoms in total. The molecule has 1 N–H and O–H groups in total. The van der Waals surface area contributed by atoms with Crippen molar-refractivity contribution < 1.29 is 4.74 Å². The number of thioether (sulfide) groups is 1. The summed E-state index contributed by atoms with van der Waals surface area (Å²) in [6.07, 6.45) is 1.02. The lowest BCUT2D eigenvalue weighted by Gasteiger charge is -2.10. The SMILES string of the molecule is Brc1cc2c(c(CNCCSc3ccccc3)c1)OCC2. The molecule has 0 amide bonds. The summed E-state index contributed by atoms with van der Waals surface area (Å²) in [6, 6.07) is 14.8. The van der Waals surface area contributed by atoms with Crippen molar-refractivity contribution in [3.63, 3.8) is 0 Å². The van der Waals surface area contributed by atoms with E-state index in [9.17, 15) is 0 Å². The van der Waals surface area contributed by atoms with Crippen LogP contribution in [0, 0.1) is 0 Å². The molecular formula is C17H18BrNOS. The summed E-state index contributed by atoms with van der Waals surface area (Å²) in [7, 11) is 0. The molecule has 0 unspecified atom stereocenters. The molecule has 110 valence electrons. The van der Waals surface area contributed by atoms with E-state index in [-0.39, 0.29) is 0 Å². The second-order valence-corrected chi connectivity index (χ2v) is 7.07. The maximum Gasteiger partial charge on any atom is 0.127 e. The molecule has 0 fully saturated rings. The summed E-state index contributed by atoms with van der Waals surface area (Å²) < 4.78 is 6.89. The molecule has 21 heavy (non-hydrogen) atoms. The molecule has 1 aliphatic rings. The molecule has 2 aromatic carbocycles. The van der Waals surface area contributed by atoms with Gasteiger partial charge in [0.1, 0.15) is 5.75 Å². The van der Waals surface area contributed by atoms with E-state index >= 15 is 0 Å². The summed E-state index contributed by atoms with van der Waals surface area (Å²) in [6.45, 7) is 2.65. The summed E-state index contributed by atoms with van der Waals surface area (Å²) >= 11 is 5.46. The first-order valence-corrected chi connectivity index (χ1v) is 8.93. The van der Waals surface area contributed by atoms with Crippen LogP contribution >= 0.6 is 27.7 Å². The van der Waals surface area contributed by atoms with Crippen LogP contribution in [0.25, 0.3) is 0 Å². The van der Waals surface area contributed by atoms with Gasteiger partial charge in [-0.05, 0) is 29.8 Å². The fourth-order valence-corrected chi connectivity index (χ4v) is 3.84. The number of ether oxygens (including phenoxy) is 1. The zero-order chi connectivity index (χ0) is 14.5. The number of hydrogen-bond donors (Lipinski definition) is 1. The molecule has 0 aliphatic carbocycles. The molecule has 2 aromatic rings. The van der Waals surface area contributed by atoms with Crippen LogP contribution in [0.2, 0.25) is 0 Å². The number of hydrogen-bond acceptors (Lipinski definition) is 3. The number of nitrogens with one attached hydrogen (secondary N) is 1. The van der Waals surface area contributed by atoms with Gasteiger partial charge in [0.05, 0.1) is 6.61 Å². The van der Waals surface area contributed by atoms with Crippen molar-refractivity contribution in [2.24, 2.45) is 0 Å². The molecule has 0 atom stereocenters. The van der Waals surface area contributed by atoms with Gasteiger partial charge in [-0.15, -0.1) is 11.8 Å². The molecular weight excluding hydrogens is 346 g/mol. The highest BCUT2D eigenvalue weighted by atomic mass is 79.9. The largest absolute Gasteiger partial charge is 0.493 e. The maximum absolute atomic E-state index is 5.74. The highest BCUT2D eigenvalue weighted by Crippen LogP contribution is 2.32. The van der Waals surface area contributed by atoms with Gasteiger partial charge in [0.25, 0.3) is 0 Å². The van der Waals surface area contributed by atoms with Gasteiger partial charge in [0, 0.05) is 40.2 Å². The zero-order valence-corrected chi connectivity index (χ0v) is 14.2. The molecule has 1 heterocycles. The van der Waals surface area contributed by atoms with E-state index in [1.54, 1.807) is 0 Å². The van der Waals surface area contributed by atoms with Gasteiger partial charge in [0.15, 0.2) is 0 Å². The van der Waals surface area contributed by atoms with Crippen molar-refractivity contribution in [3.05, 3.63) is 58.1 Å². The number of halogens is 1. The normalized spacial score (nSPS) is 13.0. The van der Waals surface area contributed by atoms with Crippen molar-refractivity contribution in [2.45, 2.75) is 17.9 Å². The van der Waals surface area contributed by atoms with Crippen molar-refractivity contribution in [2.75, 3.05) is 18.9 Å². The topological polar surface area (TPSA) is 21.3 Å². The van der Waals surface area contributed by atoms with Crippen molar-refractivity contribution in [1.82, 2.24) is 5.32 Å². The number of benzene rings is 2. The quantitative estimate of drug-likeness (QED) is 0.611. The molecule has 0 aromatic heterocycles. The van der Waals surface area contributed by atoms with Gasteiger partial charge >= 0.3 is 0 Å². The van der Waals surface area contributed by atoms with E-state index < -0.39 is 0 Å². The fraction of sp³-hybridized carbons (Fsp3) is 0.294. The molecule has 0 spiro atoms. The van der Waals surface area contributed by atoms with Crippen LogP contribution in [0.1, 0.15) is 11.1 Å². The monoisotopic (exact) mass is 363 g/mol. The van der Waals surface area contributed by atoms with Gasteiger partial charge < -0.3 is 10.1 Å². The van der Waals surface area contributed by atoms with Crippen LogP contribution in [-0.2, 0) is 13.0 Å². The third-order valence-corrected chi connectivity index (χ3v) is 4.90. The Bertz CT molecular complexity index is 603. The molecule has 0 bridgehead atoms. The predicted octanol–water partition coefficient (Wildman–Crippen LogP) is 4.27. The third kappa shape index (κ3) is 4.02. The standard InChI is InChI=1S/C17H18BrNOS/c18-15-10-13-6-8-20-17(13)14(11-15)12-19-7-9-21-16-4-2-1-3-5-16/h1-5,10-11,19H,6-9,12H2. The Labute approximate surface area is 138 Å². The van der Waals surface area contributed by atoms with E-state index in [0.29, 0.717) is 0 Å². The van der Waals surface area contributed by atoms with Gasteiger partial charge in [-0.25, -0.2) is 0 Å². The average molecular weight is 364 g/mol. The maximum atomic E-state index is 5.74. The first-order chi connectivity index (χ1) is 10.3.